The zero-order valence-electron chi connectivity index (χ0n) is 18.4. The fourth-order valence-corrected chi connectivity index (χ4v) is 4.86. The third-order valence-corrected chi connectivity index (χ3v) is 6.98. The fourth-order valence-electron chi connectivity index (χ4n) is 3.72. The van der Waals surface area contributed by atoms with Crippen LogP contribution in [0.4, 0.5) is 15.9 Å². The maximum Gasteiger partial charge on any atom is 0.261 e. The van der Waals surface area contributed by atoms with E-state index < -0.39 is 15.8 Å². The Morgan fingerprint density at radius 3 is 2.44 bits per heavy atom. The first-order chi connectivity index (χ1) is 16.3. The average molecular weight is 480 g/mol. The van der Waals surface area contributed by atoms with E-state index >= 15 is 0 Å². The summed E-state index contributed by atoms with van der Waals surface area (Å²) in [4.78, 5) is 20.9. The van der Waals surface area contributed by atoms with Crippen LogP contribution in [0.5, 0.6) is 0 Å². The van der Waals surface area contributed by atoms with Gasteiger partial charge in [0.15, 0.2) is 0 Å². The van der Waals surface area contributed by atoms with Crippen molar-refractivity contribution in [2.24, 2.45) is 0 Å². The van der Waals surface area contributed by atoms with E-state index in [1.54, 1.807) is 35.4 Å². The van der Waals surface area contributed by atoms with Crippen molar-refractivity contribution in [1.29, 1.82) is 5.26 Å². The molecular weight excluding hydrogens is 457 g/mol. The van der Waals surface area contributed by atoms with Crippen molar-refractivity contribution >= 4 is 27.4 Å². The zero-order valence-corrected chi connectivity index (χ0v) is 19.2. The minimum Gasteiger partial charge on any atom is -0.352 e. The molecule has 1 aliphatic rings. The lowest BCUT2D eigenvalue weighted by Crippen LogP contribution is -2.49. The molecule has 174 valence electrons. The molecule has 10 heteroatoms. The number of nitriles is 1. The Hall–Kier alpha value is -3.97. The van der Waals surface area contributed by atoms with Gasteiger partial charge in [0, 0.05) is 43.6 Å². The van der Waals surface area contributed by atoms with Crippen LogP contribution in [0.2, 0.25) is 0 Å². The van der Waals surface area contributed by atoms with Crippen LogP contribution in [0.15, 0.2) is 65.7 Å². The Kier molecular flexibility index (Phi) is 6.47. The van der Waals surface area contributed by atoms with Crippen LogP contribution in [-0.4, -0.2) is 50.4 Å². The Balaban J connectivity index is 1.40. The highest BCUT2D eigenvalue weighted by molar-refractivity contribution is 7.92. The van der Waals surface area contributed by atoms with Crippen molar-refractivity contribution in [3.8, 4) is 6.07 Å². The molecule has 0 saturated carbocycles. The number of piperazine rings is 1. The maximum absolute atomic E-state index is 13.5. The van der Waals surface area contributed by atoms with Crippen molar-refractivity contribution in [3.63, 3.8) is 0 Å². The van der Waals surface area contributed by atoms with Gasteiger partial charge >= 0.3 is 0 Å². The molecule has 34 heavy (non-hydrogen) atoms. The van der Waals surface area contributed by atoms with Gasteiger partial charge in [0.2, 0.25) is 0 Å². The number of aryl methyl sites for hydroxylation is 1. The van der Waals surface area contributed by atoms with E-state index in [9.17, 15) is 22.9 Å². The Bertz CT molecular complexity index is 1360. The molecule has 8 nitrogen and oxygen atoms in total. The van der Waals surface area contributed by atoms with Crippen molar-refractivity contribution in [2.45, 2.75) is 11.8 Å². The number of pyridine rings is 1. The molecule has 4 rings (SSSR count). The lowest BCUT2D eigenvalue weighted by molar-refractivity contribution is 0.0746. The first kappa shape index (κ1) is 23.2. The molecule has 0 unspecified atom stereocenters. The van der Waals surface area contributed by atoms with Crippen LogP contribution in [0.25, 0.3) is 0 Å². The van der Waals surface area contributed by atoms with E-state index in [0.29, 0.717) is 48.8 Å². The molecule has 0 spiro atoms. The minimum atomic E-state index is -3.89. The molecule has 1 saturated heterocycles. The Labute approximate surface area is 197 Å². The van der Waals surface area contributed by atoms with Crippen molar-refractivity contribution < 1.29 is 17.6 Å². The number of nitrogens with one attached hydrogen (secondary N) is 1. The predicted molar refractivity (Wildman–Crippen MR) is 125 cm³/mol. The van der Waals surface area contributed by atoms with Crippen LogP contribution in [0.1, 0.15) is 21.5 Å². The van der Waals surface area contributed by atoms with Gasteiger partial charge in [-0.1, -0.05) is 0 Å². The Morgan fingerprint density at radius 1 is 1.09 bits per heavy atom. The number of amides is 1. The van der Waals surface area contributed by atoms with Crippen molar-refractivity contribution in [3.05, 3.63) is 83.3 Å². The molecule has 1 aliphatic heterocycles. The molecule has 1 amide bonds. The summed E-state index contributed by atoms with van der Waals surface area (Å²) in [5.41, 5.74) is 1.46. The number of halogens is 1. The standard InChI is InChI=1S/C24H22FN5O3S/c1-17-15-21(8-9-22(17)25)34(32,33)28-20-6-4-18(5-7-20)24(31)30-13-11-29(12-14-30)23-19(16-26)3-2-10-27-23/h2-10,15,28H,11-14H2,1H3. The van der Waals surface area contributed by atoms with Gasteiger partial charge < -0.3 is 9.80 Å². The molecule has 0 aliphatic carbocycles. The van der Waals surface area contributed by atoms with Gasteiger partial charge in [0.25, 0.3) is 15.9 Å². The molecule has 2 heterocycles. The molecule has 1 N–H and O–H groups in total. The van der Waals surface area contributed by atoms with Crippen LogP contribution >= 0.6 is 0 Å². The summed E-state index contributed by atoms with van der Waals surface area (Å²) in [5.74, 6) is -0.0250. The molecule has 1 aromatic heterocycles. The van der Waals surface area contributed by atoms with E-state index in [2.05, 4.69) is 15.8 Å². The molecule has 0 radical (unpaired) electrons. The monoisotopic (exact) mass is 479 g/mol. The zero-order chi connectivity index (χ0) is 24.3. The number of rotatable bonds is 5. The van der Waals surface area contributed by atoms with Gasteiger partial charge in [-0.2, -0.15) is 5.26 Å². The van der Waals surface area contributed by atoms with Crippen LogP contribution in [-0.2, 0) is 10.0 Å². The van der Waals surface area contributed by atoms with Crippen LogP contribution < -0.4 is 9.62 Å². The summed E-state index contributed by atoms with van der Waals surface area (Å²) in [7, 11) is -3.89. The highest BCUT2D eigenvalue weighted by Gasteiger charge is 2.24. The van der Waals surface area contributed by atoms with Gasteiger partial charge in [-0.25, -0.2) is 17.8 Å². The number of carbonyl (C=O) groups excluding carboxylic acids is 1. The number of anilines is 2. The van der Waals surface area contributed by atoms with Crippen molar-refractivity contribution in [2.75, 3.05) is 35.8 Å². The second-order valence-electron chi connectivity index (χ2n) is 7.86. The number of hydrogen-bond acceptors (Lipinski definition) is 6. The second-order valence-corrected chi connectivity index (χ2v) is 9.54. The predicted octanol–water partition coefficient (Wildman–Crippen LogP) is 3.16. The first-order valence-corrected chi connectivity index (χ1v) is 12.1. The normalized spacial score (nSPS) is 13.9. The van der Waals surface area contributed by atoms with E-state index in [-0.39, 0.29) is 16.4 Å². The molecule has 2 aromatic carbocycles. The maximum atomic E-state index is 13.5. The molecular formula is C24H22FN5O3S. The third kappa shape index (κ3) is 4.84. The van der Waals surface area contributed by atoms with E-state index in [4.69, 9.17) is 0 Å². The van der Waals surface area contributed by atoms with E-state index in [1.807, 2.05) is 4.90 Å². The first-order valence-electron chi connectivity index (χ1n) is 10.6. The van der Waals surface area contributed by atoms with E-state index in [1.165, 1.54) is 31.2 Å². The average Bonchev–Trinajstić information content (AvgIpc) is 2.85. The molecule has 0 bridgehead atoms. The number of hydrogen-bond donors (Lipinski definition) is 1. The number of benzene rings is 2. The lowest BCUT2D eigenvalue weighted by atomic mass is 10.1. The van der Waals surface area contributed by atoms with Gasteiger partial charge in [-0.05, 0) is 67.1 Å². The minimum absolute atomic E-state index is 0.0446. The van der Waals surface area contributed by atoms with E-state index in [0.717, 1.165) is 6.07 Å². The topological polar surface area (TPSA) is 106 Å². The van der Waals surface area contributed by atoms with Gasteiger partial charge in [-0.15, -0.1) is 0 Å². The molecule has 1 fully saturated rings. The number of sulfonamides is 1. The summed E-state index contributed by atoms with van der Waals surface area (Å²) < 4.78 is 41.1. The second kappa shape index (κ2) is 9.49. The fraction of sp³-hybridized carbons (Fsp3) is 0.208. The summed E-state index contributed by atoms with van der Waals surface area (Å²) >= 11 is 0. The molecule has 0 atom stereocenters. The van der Waals surface area contributed by atoms with Crippen LogP contribution in [0.3, 0.4) is 0 Å². The van der Waals surface area contributed by atoms with Crippen molar-refractivity contribution in [1.82, 2.24) is 9.88 Å². The summed E-state index contributed by atoms with van der Waals surface area (Å²) in [6, 6.07) is 15.3. The highest BCUT2D eigenvalue weighted by Crippen LogP contribution is 2.21. The third-order valence-electron chi connectivity index (χ3n) is 5.60. The largest absolute Gasteiger partial charge is 0.352 e. The summed E-state index contributed by atoms with van der Waals surface area (Å²) in [5, 5.41) is 9.28. The lowest BCUT2D eigenvalue weighted by Gasteiger charge is -2.35. The number of nitrogens with zero attached hydrogens (tertiary/aromatic N) is 4. The Morgan fingerprint density at radius 2 is 1.79 bits per heavy atom. The van der Waals surface area contributed by atoms with Gasteiger partial charge in [-0.3, -0.25) is 9.52 Å². The van der Waals surface area contributed by atoms with Crippen LogP contribution in [0, 0.1) is 24.1 Å². The van der Waals surface area contributed by atoms with Gasteiger partial charge in [0.1, 0.15) is 17.7 Å². The van der Waals surface area contributed by atoms with Gasteiger partial charge in [0.05, 0.1) is 10.5 Å². The quantitative estimate of drug-likeness (QED) is 0.603. The number of carbonyl (C=O) groups is 1. The number of aromatic nitrogens is 1. The summed E-state index contributed by atoms with van der Waals surface area (Å²) in [6.45, 7) is 3.53. The SMILES string of the molecule is Cc1cc(S(=O)(=O)Nc2ccc(C(=O)N3CCN(c4ncccc4C#N)CC3)cc2)ccc1F. The smallest absolute Gasteiger partial charge is 0.261 e. The summed E-state index contributed by atoms with van der Waals surface area (Å²) in [6.07, 6.45) is 1.64. The molecule has 3 aromatic rings. The highest BCUT2D eigenvalue weighted by atomic mass is 32.2.